The Kier molecular flexibility index (Phi) is 3.04. The average molecular weight is 272 g/mol. The Hall–Kier alpha value is -1.84. The van der Waals surface area contributed by atoms with Crippen LogP contribution in [0.1, 0.15) is 55.9 Å². The molecule has 1 saturated carbocycles. The summed E-state index contributed by atoms with van der Waals surface area (Å²) in [6.45, 7) is 4.59. The van der Waals surface area contributed by atoms with Crippen molar-refractivity contribution in [2.75, 3.05) is 0 Å². The second-order valence-corrected chi connectivity index (χ2v) is 6.38. The third kappa shape index (κ3) is 1.99. The maximum atomic E-state index is 11.3. The van der Waals surface area contributed by atoms with Crippen LogP contribution in [0.2, 0.25) is 0 Å². The molecule has 106 valence electrons. The summed E-state index contributed by atoms with van der Waals surface area (Å²) in [5.74, 6) is -0.913. The summed E-state index contributed by atoms with van der Waals surface area (Å²) >= 11 is 0. The van der Waals surface area contributed by atoms with Crippen molar-refractivity contribution in [3.05, 3.63) is 30.1 Å². The van der Waals surface area contributed by atoms with Gasteiger partial charge in [0.2, 0.25) is 0 Å². The summed E-state index contributed by atoms with van der Waals surface area (Å²) in [6.07, 6.45) is 6.66. The Morgan fingerprint density at radius 3 is 2.90 bits per heavy atom. The van der Waals surface area contributed by atoms with Gasteiger partial charge in [0.25, 0.3) is 0 Å². The van der Waals surface area contributed by atoms with Crippen molar-refractivity contribution in [2.45, 2.75) is 45.6 Å². The molecule has 4 heteroatoms. The molecule has 1 aliphatic carbocycles. The Labute approximate surface area is 118 Å². The molecule has 0 amide bonds. The SMILES string of the molecule is CC1(C)CCCCC1n1cnc2c(C(=O)O)cccc21. The van der Waals surface area contributed by atoms with Gasteiger partial charge in [0, 0.05) is 6.04 Å². The van der Waals surface area contributed by atoms with E-state index in [9.17, 15) is 9.90 Å². The number of rotatable bonds is 2. The molecule has 1 aliphatic rings. The molecule has 0 saturated heterocycles. The zero-order chi connectivity index (χ0) is 14.3. The van der Waals surface area contributed by atoms with E-state index >= 15 is 0 Å². The number of hydrogen-bond acceptors (Lipinski definition) is 2. The molecule has 1 unspecified atom stereocenters. The summed E-state index contributed by atoms with van der Waals surface area (Å²) in [6, 6.07) is 5.79. The highest BCUT2D eigenvalue weighted by atomic mass is 16.4. The van der Waals surface area contributed by atoms with Crippen molar-refractivity contribution in [2.24, 2.45) is 5.41 Å². The molecule has 0 aliphatic heterocycles. The second kappa shape index (κ2) is 4.62. The van der Waals surface area contributed by atoms with E-state index in [-0.39, 0.29) is 11.0 Å². The molecule has 20 heavy (non-hydrogen) atoms. The number of carboxylic acid groups (broad SMARTS) is 1. The van der Waals surface area contributed by atoms with Gasteiger partial charge in [-0.3, -0.25) is 0 Å². The normalized spacial score (nSPS) is 22.0. The first kappa shape index (κ1) is 13.2. The molecule has 0 radical (unpaired) electrons. The summed E-state index contributed by atoms with van der Waals surface area (Å²) < 4.78 is 2.18. The van der Waals surface area contributed by atoms with Gasteiger partial charge in [-0.25, -0.2) is 9.78 Å². The van der Waals surface area contributed by atoms with Crippen molar-refractivity contribution < 1.29 is 9.90 Å². The van der Waals surface area contributed by atoms with Gasteiger partial charge < -0.3 is 9.67 Å². The minimum absolute atomic E-state index is 0.227. The fourth-order valence-electron chi connectivity index (χ4n) is 3.47. The number of hydrogen-bond donors (Lipinski definition) is 1. The van der Waals surface area contributed by atoms with Crippen LogP contribution in [0.3, 0.4) is 0 Å². The van der Waals surface area contributed by atoms with E-state index < -0.39 is 5.97 Å². The standard InChI is InChI=1S/C16H20N2O2/c1-16(2)9-4-3-8-13(16)18-10-17-14-11(15(19)20)6-5-7-12(14)18/h5-7,10,13H,3-4,8-9H2,1-2H3,(H,19,20). The quantitative estimate of drug-likeness (QED) is 0.902. The van der Waals surface area contributed by atoms with Crippen molar-refractivity contribution in [1.82, 2.24) is 9.55 Å². The number of para-hydroxylation sites is 1. The number of fused-ring (bicyclic) bond motifs is 1. The second-order valence-electron chi connectivity index (χ2n) is 6.38. The number of aromatic carboxylic acids is 1. The maximum absolute atomic E-state index is 11.3. The van der Waals surface area contributed by atoms with Gasteiger partial charge in [0.05, 0.1) is 17.4 Å². The number of imidazole rings is 1. The molecular weight excluding hydrogens is 252 g/mol. The van der Waals surface area contributed by atoms with Crippen LogP contribution in [-0.4, -0.2) is 20.6 Å². The van der Waals surface area contributed by atoms with E-state index in [1.165, 1.54) is 19.3 Å². The number of benzene rings is 1. The molecule has 1 atom stereocenters. The van der Waals surface area contributed by atoms with E-state index in [0.717, 1.165) is 11.9 Å². The van der Waals surface area contributed by atoms with Crippen LogP contribution >= 0.6 is 0 Å². The first-order chi connectivity index (χ1) is 9.50. The van der Waals surface area contributed by atoms with Crippen LogP contribution in [0, 0.1) is 5.41 Å². The Balaban J connectivity index is 2.13. The van der Waals surface area contributed by atoms with E-state index in [1.54, 1.807) is 12.1 Å². The van der Waals surface area contributed by atoms with E-state index in [2.05, 4.69) is 23.4 Å². The van der Waals surface area contributed by atoms with Crippen LogP contribution in [0.4, 0.5) is 0 Å². The molecule has 0 spiro atoms. The molecule has 4 nitrogen and oxygen atoms in total. The van der Waals surface area contributed by atoms with Crippen LogP contribution in [0.5, 0.6) is 0 Å². The summed E-state index contributed by atoms with van der Waals surface area (Å²) in [4.78, 5) is 15.6. The van der Waals surface area contributed by atoms with Crippen LogP contribution in [-0.2, 0) is 0 Å². The molecule has 2 aromatic rings. The fraction of sp³-hybridized carbons (Fsp3) is 0.500. The predicted octanol–water partition coefficient (Wildman–Crippen LogP) is 3.88. The molecule has 1 aromatic heterocycles. The number of carbonyl (C=O) groups is 1. The highest BCUT2D eigenvalue weighted by Crippen LogP contribution is 2.44. The molecule has 1 aromatic carbocycles. The van der Waals surface area contributed by atoms with Crippen molar-refractivity contribution >= 4 is 17.0 Å². The summed E-state index contributed by atoms with van der Waals surface area (Å²) in [7, 11) is 0. The topological polar surface area (TPSA) is 55.1 Å². The smallest absolute Gasteiger partial charge is 0.337 e. The Morgan fingerprint density at radius 1 is 1.40 bits per heavy atom. The number of aromatic nitrogens is 2. The van der Waals surface area contributed by atoms with Crippen molar-refractivity contribution in [3.63, 3.8) is 0 Å². The summed E-state index contributed by atoms with van der Waals surface area (Å²) in [5.41, 5.74) is 2.05. The third-order valence-electron chi connectivity index (χ3n) is 4.62. The van der Waals surface area contributed by atoms with E-state index in [4.69, 9.17) is 0 Å². The zero-order valence-corrected chi connectivity index (χ0v) is 12.0. The van der Waals surface area contributed by atoms with E-state index in [0.29, 0.717) is 11.6 Å². The molecule has 1 N–H and O–H groups in total. The van der Waals surface area contributed by atoms with Gasteiger partial charge in [-0.05, 0) is 30.4 Å². The first-order valence-corrected chi connectivity index (χ1v) is 7.19. The molecular formula is C16H20N2O2. The van der Waals surface area contributed by atoms with Gasteiger partial charge in [-0.2, -0.15) is 0 Å². The van der Waals surface area contributed by atoms with Crippen LogP contribution in [0.15, 0.2) is 24.5 Å². The van der Waals surface area contributed by atoms with Gasteiger partial charge in [-0.1, -0.05) is 32.8 Å². The van der Waals surface area contributed by atoms with Gasteiger partial charge in [0.15, 0.2) is 0 Å². The first-order valence-electron chi connectivity index (χ1n) is 7.19. The van der Waals surface area contributed by atoms with Gasteiger partial charge >= 0.3 is 5.97 Å². The van der Waals surface area contributed by atoms with E-state index in [1.807, 2.05) is 12.4 Å². The fourth-order valence-corrected chi connectivity index (χ4v) is 3.47. The lowest BCUT2D eigenvalue weighted by atomic mass is 9.73. The van der Waals surface area contributed by atoms with Crippen molar-refractivity contribution in [1.29, 1.82) is 0 Å². The minimum atomic E-state index is -0.913. The Bertz CT molecular complexity index is 658. The third-order valence-corrected chi connectivity index (χ3v) is 4.62. The average Bonchev–Trinajstić information content (AvgIpc) is 2.81. The largest absolute Gasteiger partial charge is 0.478 e. The number of carboxylic acids is 1. The zero-order valence-electron chi connectivity index (χ0n) is 12.0. The lowest BCUT2D eigenvalue weighted by Crippen LogP contribution is -2.30. The molecule has 3 rings (SSSR count). The number of nitrogens with zero attached hydrogens (tertiary/aromatic N) is 2. The monoisotopic (exact) mass is 272 g/mol. The lowest BCUT2D eigenvalue weighted by Gasteiger charge is -2.39. The molecule has 1 heterocycles. The molecule has 0 bridgehead atoms. The predicted molar refractivity (Wildman–Crippen MR) is 78.0 cm³/mol. The lowest BCUT2D eigenvalue weighted by molar-refractivity contribution is 0.0699. The summed E-state index contributed by atoms with van der Waals surface area (Å²) in [5, 5.41) is 9.26. The minimum Gasteiger partial charge on any atom is -0.478 e. The van der Waals surface area contributed by atoms with Crippen LogP contribution in [0.25, 0.3) is 11.0 Å². The molecule has 1 fully saturated rings. The Morgan fingerprint density at radius 2 is 2.20 bits per heavy atom. The van der Waals surface area contributed by atoms with Crippen LogP contribution < -0.4 is 0 Å². The highest BCUT2D eigenvalue weighted by molar-refractivity contribution is 6.00. The van der Waals surface area contributed by atoms with Gasteiger partial charge in [-0.15, -0.1) is 0 Å². The van der Waals surface area contributed by atoms with Crippen molar-refractivity contribution in [3.8, 4) is 0 Å². The maximum Gasteiger partial charge on any atom is 0.337 e. The van der Waals surface area contributed by atoms with Gasteiger partial charge in [0.1, 0.15) is 5.52 Å². The highest BCUT2D eigenvalue weighted by Gasteiger charge is 2.34.